The first-order valence-corrected chi connectivity index (χ1v) is 5.70. The largest absolute Gasteiger partial charge is 0.624 e. The van der Waals surface area contributed by atoms with Crippen LogP contribution in [0.15, 0.2) is 54.6 Å². The smallest absolute Gasteiger partial charge is 0.182 e. The molecule has 2 aromatic rings. The van der Waals surface area contributed by atoms with Crippen molar-refractivity contribution in [2.75, 3.05) is 0 Å². The molecule has 0 aliphatic heterocycles. The van der Waals surface area contributed by atoms with Crippen molar-refractivity contribution < 1.29 is 4.74 Å². The Morgan fingerprint density at radius 3 is 2.29 bits per heavy atom. The highest BCUT2D eigenvalue weighted by Crippen LogP contribution is 2.08. The Hall–Kier alpha value is -1.80. The van der Waals surface area contributed by atoms with Crippen LogP contribution in [-0.2, 0) is 6.54 Å². The monoisotopic (exact) mass is 245 g/mol. The molecule has 0 spiro atoms. The zero-order valence-corrected chi connectivity index (χ0v) is 9.97. The van der Waals surface area contributed by atoms with E-state index in [4.69, 9.17) is 11.6 Å². The maximum Gasteiger partial charge on any atom is 0.182 e. The first kappa shape index (κ1) is 11.7. The van der Waals surface area contributed by atoms with Crippen molar-refractivity contribution in [2.24, 2.45) is 0 Å². The maximum atomic E-state index is 11.7. The molecule has 2 aromatic carbocycles. The molecule has 0 unspecified atom stereocenters. The number of hydrogen-bond acceptors (Lipinski definition) is 1. The maximum absolute atomic E-state index is 11.7. The van der Waals surface area contributed by atoms with Crippen molar-refractivity contribution in [1.82, 2.24) is 0 Å². The van der Waals surface area contributed by atoms with Crippen molar-refractivity contribution in [3.8, 4) is 0 Å². The van der Waals surface area contributed by atoms with E-state index in [0.717, 1.165) is 15.9 Å². The quantitative estimate of drug-likeness (QED) is 0.352. The van der Waals surface area contributed by atoms with Crippen LogP contribution in [0.5, 0.6) is 0 Å². The fourth-order valence-electron chi connectivity index (χ4n) is 1.52. The predicted molar refractivity (Wildman–Crippen MR) is 70.4 cm³/mol. The van der Waals surface area contributed by atoms with E-state index < -0.39 is 0 Å². The van der Waals surface area contributed by atoms with E-state index in [9.17, 15) is 5.21 Å². The van der Waals surface area contributed by atoms with Crippen LogP contribution in [0.1, 0.15) is 11.1 Å². The van der Waals surface area contributed by atoms with Crippen LogP contribution < -0.4 is 0 Å². The Morgan fingerprint density at radius 1 is 1.00 bits per heavy atom. The molecule has 0 aromatic heterocycles. The van der Waals surface area contributed by atoms with E-state index in [2.05, 4.69) is 0 Å². The van der Waals surface area contributed by atoms with Crippen molar-refractivity contribution >= 4 is 17.8 Å². The molecule has 0 saturated heterocycles. The Labute approximate surface area is 105 Å². The summed E-state index contributed by atoms with van der Waals surface area (Å²) < 4.78 is 0.915. The molecule has 0 amide bonds. The summed E-state index contributed by atoms with van der Waals surface area (Å²) in [5.41, 5.74) is 1.84. The number of hydroxylamine groups is 1. The number of benzene rings is 2. The summed E-state index contributed by atoms with van der Waals surface area (Å²) >= 11 is 5.77. The van der Waals surface area contributed by atoms with Gasteiger partial charge in [-0.1, -0.05) is 41.9 Å². The molecule has 3 heteroatoms. The lowest BCUT2D eigenvalue weighted by Gasteiger charge is -2.03. The van der Waals surface area contributed by atoms with Crippen LogP contribution in [0, 0.1) is 5.21 Å². The van der Waals surface area contributed by atoms with Gasteiger partial charge in [0.15, 0.2) is 12.8 Å². The van der Waals surface area contributed by atoms with Gasteiger partial charge in [0, 0.05) is 16.1 Å². The zero-order valence-electron chi connectivity index (χ0n) is 9.21. The van der Waals surface area contributed by atoms with E-state index in [0.29, 0.717) is 11.6 Å². The third-order valence-corrected chi connectivity index (χ3v) is 2.60. The van der Waals surface area contributed by atoms with Gasteiger partial charge in [-0.05, 0) is 24.3 Å². The summed E-state index contributed by atoms with van der Waals surface area (Å²) in [6.07, 6.45) is 1.56. The Bertz CT molecular complexity index is 506. The first-order valence-electron chi connectivity index (χ1n) is 5.32. The van der Waals surface area contributed by atoms with Crippen LogP contribution in [-0.4, -0.2) is 11.0 Å². The van der Waals surface area contributed by atoms with Crippen LogP contribution in [0.3, 0.4) is 0 Å². The highest BCUT2D eigenvalue weighted by atomic mass is 35.5. The SMILES string of the molecule is [O-]/[N+](=C\c1ccc(Cl)cc1)Cc1ccccc1. The highest BCUT2D eigenvalue weighted by Gasteiger charge is 1.98. The Morgan fingerprint density at radius 2 is 1.65 bits per heavy atom. The van der Waals surface area contributed by atoms with Gasteiger partial charge < -0.3 is 5.21 Å². The van der Waals surface area contributed by atoms with E-state index in [1.165, 1.54) is 0 Å². The highest BCUT2D eigenvalue weighted by molar-refractivity contribution is 6.30. The van der Waals surface area contributed by atoms with Crippen LogP contribution in [0.4, 0.5) is 0 Å². The van der Waals surface area contributed by atoms with Gasteiger partial charge in [-0.2, -0.15) is 0 Å². The molecular weight excluding hydrogens is 234 g/mol. The molecule has 0 atom stereocenters. The van der Waals surface area contributed by atoms with Gasteiger partial charge in [-0.3, -0.25) is 0 Å². The van der Waals surface area contributed by atoms with Crippen LogP contribution >= 0.6 is 11.6 Å². The number of halogens is 1. The molecule has 2 rings (SSSR count). The zero-order chi connectivity index (χ0) is 12.1. The molecule has 0 bridgehead atoms. The predicted octanol–water partition coefficient (Wildman–Crippen LogP) is 3.47. The summed E-state index contributed by atoms with van der Waals surface area (Å²) in [5, 5.41) is 12.4. The minimum atomic E-state index is 0.351. The molecule has 0 saturated carbocycles. The molecular formula is C14H12ClNO. The van der Waals surface area contributed by atoms with Crippen molar-refractivity contribution in [1.29, 1.82) is 0 Å². The molecule has 0 aliphatic carbocycles. The average molecular weight is 246 g/mol. The van der Waals surface area contributed by atoms with E-state index in [1.807, 2.05) is 42.5 Å². The molecule has 2 nitrogen and oxygen atoms in total. The van der Waals surface area contributed by atoms with Gasteiger partial charge in [0.2, 0.25) is 0 Å². The molecule has 0 heterocycles. The van der Waals surface area contributed by atoms with Gasteiger partial charge in [0.1, 0.15) is 0 Å². The van der Waals surface area contributed by atoms with Crippen molar-refractivity contribution in [3.05, 3.63) is 76.0 Å². The minimum absolute atomic E-state index is 0.351. The van der Waals surface area contributed by atoms with Crippen molar-refractivity contribution in [3.63, 3.8) is 0 Å². The van der Waals surface area contributed by atoms with Crippen LogP contribution in [0.25, 0.3) is 0 Å². The number of hydrogen-bond donors (Lipinski definition) is 0. The second-order valence-corrected chi connectivity index (χ2v) is 4.18. The fourth-order valence-corrected chi connectivity index (χ4v) is 1.65. The third kappa shape index (κ3) is 3.61. The fraction of sp³-hybridized carbons (Fsp3) is 0.0714. The summed E-state index contributed by atoms with van der Waals surface area (Å²) in [7, 11) is 0. The topological polar surface area (TPSA) is 26.1 Å². The Balaban J connectivity index is 2.09. The summed E-state index contributed by atoms with van der Waals surface area (Å²) in [6, 6.07) is 16.8. The molecule has 86 valence electrons. The molecule has 0 radical (unpaired) electrons. The van der Waals surface area contributed by atoms with Gasteiger partial charge in [-0.25, -0.2) is 4.74 Å². The molecule has 0 fully saturated rings. The molecule has 0 aliphatic rings. The van der Waals surface area contributed by atoms with Crippen molar-refractivity contribution in [2.45, 2.75) is 6.54 Å². The lowest BCUT2D eigenvalue weighted by molar-refractivity contribution is -0.469. The van der Waals surface area contributed by atoms with Gasteiger partial charge in [0.05, 0.1) is 0 Å². The van der Waals surface area contributed by atoms with Gasteiger partial charge in [0.25, 0.3) is 0 Å². The number of rotatable bonds is 3. The van der Waals surface area contributed by atoms with Crippen LogP contribution in [0.2, 0.25) is 5.02 Å². The van der Waals surface area contributed by atoms with Gasteiger partial charge >= 0.3 is 0 Å². The average Bonchev–Trinajstić information content (AvgIpc) is 2.33. The lowest BCUT2D eigenvalue weighted by Crippen LogP contribution is -2.05. The second kappa shape index (κ2) is 5.51. The Kier molecular flexibility index (Phi) is 3.78. The second-order valence-electron chi connectivity index (χ2n) is 3.74. The summed E-state index contributed by atoms with van der Waals surface area (Å²) in [5.74, 6) is 0. The molecule has 17 heavy (non-hydrogen) atoms. The third-order valence-electron chi connectivity index (χ3n) is 2.34. The normalized spacial score (nSPS) is 11.5. The molecule has 0 N–H and O–H groups in total. The minimum Gasteiger partial charge on any atom is -0.624 e. The first-order chi connectivity index (χ1) is 8.24. The summed E-state index contributed by atoms with van der Waals surface area (Å²) in [4.78, 5) is 0. The van der Waals surface area contributed by atoms with Gasteiger partial charge in [-0.15, -0.1) is 0 Å². The summed E-state index contributed by atoms with van der Waals surface area (Å²) in [6.45, 7) is 0.351. The number of nitrogens with zero attached hydrogens (tertiary/aromatic N) is 1. The van der Waals surface area contributed by atoms with E-state index >= 15 is 0 Å². The van der Waals surface area contributed by atoms with E-state index in [-0.39, 0.29) is 0 Å². The lowest BCUT2D eigenvalue weighted by atomic mass is 10.2. The van der Waals surface area contributed by atoms with E-state index in [1.54, 1.807) is 18.3 Å². The standard InChI is InChI=1S/C14H12ClNO/c15-14-8-6-13(7-9-14)11-16(17)10-12-4-2-1-3-5-12/h1-9,11H,10H2/b16-11-.